The van der Waals surface area contributed by atoms with Crippen LogP contribution in [-0.4, -0.2) is 26.0 Å². The van der Waals surface area contributed by atoms with E-state index in [2.05, 4.69) is 20.3 Å². The molecule has 2 aromatic heterocycles. The molecule has 2 heterocycles. The van der Waals surface area contributed by atoms with Gasteiger partial charge in [-0.2, -0.15) is 26.3 Å². The van der Waals surface area contributed by atoms with Crippen LogP contribution in [0.5, 0.6) is 0 Å². The van der Waals surface area contributed by atoms with E-state index in [1.54, 1.807) is 0 Å². The third-order valence-corrected chi connectivity index (χ3v) is 5.65. The maximum Gasteiger partial charge on any atom is 0.418 e. The summed E-state index contributed by atoms with van der Waals surface area (Å²) in [6.07, 6.45) is -6.84. The SMILES string of the molecule is O=C(O)CCCCc1nc(Nc2ccc(C(F)(F)F)cc2)c2ccc(-c3ncccc3C(F)(F)F)cc2n1. The number of carboxylic acids is 1. The number of hydrogen-bond donors (Lipinski definition) is 2. The summed E-state index contributed by atoms with van der Waals surface area (Å²) in [4.78, 5) is 23.6. The molecule has 4 aromatic rings. The average Bonchev–Trinajstić information content (AvgIpc) is 2.85. The van der Waals surface area contributed by atoms with Crippen LogP contribution < -0.4 is 5.32 Å². The fraction of sp³-hybridized carbons (Fsp3) is 0.231. The zero-order chi connectivity index (χ0) is 27.5. The molecule has 2 N–H and O–H groups in total. The van der Waals surface area contributed by atoms with Gasteiger partial charge in [0, 0.05) is 35.7 Å². The molecule has 0 saturated carbocycles. The third-order valence-electron chi connectivity index (χ3n) is 5.65. The largest absolute Gasteiger partial charge is 0.481 e. The summed E-state index contributed by atoms with van der Waals surface area (Å²) in [5, 5.41) is 12.2. The lowest BCUT2D eigenvalue weighted by atomic mass is 10.0. The number of benzene rings is 2. The highest BCUT2D eigenvalue weighted by molar-refractivity contribution is 5.93. The zero-order valence-corrected chi connectivity index (χ0v) is 19.6. The molecule has 12 heteroatoms. The summed E-state index contributed by atoms with van der Waals surface area (Å²) < 4.78 is 79.5. The summed E-state index contributed by atoms with van der Waals surface area (Å²) in [5.41, 5.74) is -1.25. The van der Waals surface area contributed by atoms with Crippen LogP contribution in [0.15, 0.2) is 60.8 Å². The number of unbranched alkanes of at least 4 members (excludes halogenated alkanes) is 1. The van der Waals surface area contributed by atoms with Crippen molar-refractivity contribution in [1.29, 1.82) is 0 Å². The number of rotatable bonds is 8. The van der Waals surface area contributed by atoms with Gasteiger partial charge < -0.3 is 10.4 Å². The van der Waals surface area contributed by atoms with Gasteiger partial charge in [0.25, 0.3) is 0 Å². The van der Waals surface area contributed by atoms with Gasteiger partial charge in [0.1, 0.15) is 11.6 Å². The van der Waals surface area contributed by atoms with Gasteiger partial charge in [-0.05, 0) is 61.4 Å². The van der Waals surface area contributed by atoms with Crippen LogP contribution in [0.3, 0.4) is 0 Å². The topological polar surface area (TPSA) is 88.0 Å². The number of halogens is 6. The standard InChI is InChI=1S/C26H20F6N4O2/c27-25(28,29)16-8-10-17(11-9-16)34-24-18-12-7-15(23-19(26(30,31)32)4-3-13-33-23)14-20(18)35-21(36-24)5-1-2-6-22(37)38/h3-4,7-14H,1-2,5-6H2,(H,37,38)(H,34,35,36). The van der Waals surface area contributed by atoms with Crippen molar-refractivity contribution < 1.29 is 36.2 Å². The molecule has 0 aliphatic rings. The van der Waals surface area contributed by atoms with Crippen LogP contribution in [0.25, 0.3) is 22.2 Å². The predicted molar refractivity (Wildman–Crippen MR) is 128 cm³/mol. The Balaban J connectivity index is 1.75. The molecule has 2 aromatic carbocycles. The molecule has 0 aliphatic carbocycles. The number of anilines is 2. The summed E-state index contributed by atoms with van der Waals surface area (Å²) in [6, 6.07) is 10.8. The van der Waals surface area contributed by atoms with Crippen molar-refractivity contribution in [2.75, 3.05) is 5.32 Å². The number of aryl methyl sites for hydroxylation is 1. The van der Waals surface area contributed by atoms with Crippen molar-refractivity contribution in [3.63, 3.8) is 0 Å². The fourth-order valence-electron chi connectivity index (χ4n) is 3.83. The number of nitrogens with zero attached hydrogens (tertiary/aromatic N) is 3. The third kappa shape index (κ3) is 6.36. The molecule has 4 rings (SSSR count). The first kappa shape index (κ1) is 26.8. The van der Waals surface area contributed by atoms with Crippen molar-refractivity contribution >= 4 is 28.4 Å². The smallest absolute Gasteiger partial charge is 0.418 e. The molecule has 0 aliphatic heterocycles. The van der Waals surface area contributed by atoms with Gasteiger partial charge in [-0.3, -0.25) is 9.78 Å². The minimum absolute atomic E-state index is 0.0473. The maximum absolute atomic E-state index is 13.6. The van der Waals surface area contributed by atoms with Gasteiger partial charge in [-0.25, -0.2) is 9.97 Å². The molecule has 38 heavy (non-hydrogen) atoms. The molecule has 0 saturated heterocycles. The molecule has 198 valence electrons. The van der Waals surface area contributed by atoms with Crippen LogP contribution in [0.1, 0.15) is 36.2 Å². The van der Waals surface area contributed by atoms with Gasteiger partial charge in [0.05, 0.1) is 22.3 Å². The Morgan fingerprint density at radius 2 is 1.63 bits per heavy atom. The Hall–Kier alpha value is -4.22. The van der Waals surface area contributed by atoms with E-state index in [9.17, 15) is 31.1 Å². The van der Waals surface area contributed by atoms with Crippen molar-refractivity contribution in [2.45, 2.75) is 38.0 Å². The lowest BCUT2D eigenvalue weighted by Crippen LogP contribution is -2.08. The Bertz CT molecular complexity index is 1450. The number of aromatic nitrogens is 3. The normalized spacial score (nSPS) is 12.1. The summed E-state index contributed by atoms with van der Waals surface area (Å²) in [7, 11) is 0. The van der Waals surface area contributed by atoms with Gasteiger partial charge >= 0.3 is 18.3 Å². The molecular formula is C26H20F6N4O2. The molecule has 0 spiro atoms. The van der Waals surface area contributed by atoms with E-state index < -0.39 is 29.4 Å². The van der Waals surface area contributed by atoms with Crippen LogP contribution in [0.2, 0.25) is 0 Å². The monoisotopic (exact) mass is 534 g/mol. The van der Waals surface area contributed by atoms with Crippen LogP contribution in [0, 0.1) is 0 Å². The fourth-order valence-corrected chi connectivity index (χ4v) is 3.83. The summed E-state index contributed by atoms with van der Waals surface area (Å²) in [5.74, 6) is -0.410. The minimum Gasteiger partial charge on any atom is -0.481 e. The number of carbonyl (C=O) groups is 1. The Morgan fingerprint density at radius 1 is 0.895 bits per heavy atom. The molecule has 6 nitrogen and oxygen atoms in total. The number of nitrogens with one attached hydrogen (secondary N) is 1. The second kappa shape index (κ2) is 10.6. The summed E-state index contributed by atoms with van der Waals surface area (Å²) in [6.45, 7) is 0. The van der Waals surface area contributed by atoms with Crippen molar-refractivity contribution in [3.05, 3.63) is 77.7 Å². The molecule has 0 radical (unpaired) electrons. The molecule has 0 atom stereocenters. The van der Waals surface area contributed by atoms with E-state index in [0.717, 1.165) is 18.2 Å². The number of pyridine rings is 1. The quantitative estimate of drug-likeness (QED) is 0.183. The lowest BCUT2D eigenvalue weighted by molar-refractivity contribution is -0.138. The van der Waals surface area contributed by atoms with Gasteiger partial charge in [-0.1, -0.05) is 6.07 Å². The Morgan fingerprint density at radius 3 is 2.29 bits per heavy atom. The second-order valence-corrected chi connectivity index (χ2v) is 8.42. The van der Waals surface area contributed by atoms with Gasteiger partial charge in [0.2, 0.25) is 0 Å². The molecule has 0 bridgehead atoms. The van der Waals surface area contributed by atoms with Crippen molar-refractivity contribution in [2.24, 2.45) is 0 Å². The minimum atomic E-state index is -4.63. The number of carboxylic acid groups (broad SMARTS) is 1. The number of aliphatic carboxylic acids is 1. The van der Waals surface area contributed by atoms with Crippen molar-refractivity contribution in [3.8, 4) is 11.3 Å². The molecular weight excluding hydrogens is 514 g/mol. The Labute approximate surface area is 212 Å². The zero-order valence-electron chi connectivity index (χ0n) is 19.6. The average molecular weight is 534 g/mol. The highest BCUT2D eigenvalue weighted by Crippen LogP contribution is 2.37. The van der Waals surface area contributed by atoms with E-state index in [-0.39, 0.29) is 29.9 Å². The first-order valence-corrected chi connectivity index (χ1v) is 11.4. The number of fused-ring (bicyclic) bond motifs is 1. The first-order valence-electron chi connectivity index (χ1n) is 11.4. The lowest BCUT2D eigenvalue weighted by Gasteiger charge is -2.14. The predicted octanol–water partition coefficient (Wildman–Crippen LogP) is 7.27. The van der Waals surface area contributed by atoms with E-state index in [1.165, 1.54) is 42.6 Å². The van der Waals surface area contributed by atoms with Crippen LogP contribution in [-0.2, 0) is 23.6 Å². The maximum atomic E-state index is 13.6. The van der Waals surface area contributed by atoms with E-state index in [0.29, 0.717) is 35.3 Å². The second-order valence-electron chi connectivity index (χ2n) is 8.42. The molecule has 0 amide bonds. The number of hydrogen-bond acceptors (Lipinski definition) is 5. The van der Waals surface area contributed by atoms with E-state index >= 15 is 0 Å². The summed E-state index contributed by atoms with van der Waals surface area (Å²) >= 11 is 0. The van der Waals surface area contributed by atoms with Crippen LogP contribution >= 0.6 is 0 Å². The Kier molecular flexibility index (Phi) is 7.51. The highest BCUT2D eigenvalue weighted by Gasteiger charge is 2.34. The van der Waals surface area contributed by atoms with Crippen LogP contribution in [0.4, 0.5) is 37.8 Å². The molecule has 0 unspecified atom stereocenters. The number of alkyl halides is 6. The molecule has 0 fully saturated rings. The first-order chi connectivity index (χ1) is 17.9. The van der Waals surface area contributed by atoms with Gasteiger partial charge in [-0.15, -0.1) is 0 Å². The highest BCUT2D eigenvalue weighted by atomic mass is 19.4. The van der Waals surface area contributed by atoms with E-state index in [4.69, 9.17) is 5.11 Å². The van der Waals surface area contributed by atoms with E-state index in [1.807, 2.05) is 0 Å². The van der Waals surface area contributed by atoms with Crippen molar-refractivity contribution in [1.82, 2.24) is 15.0 Å². The van der Waals surface area contributed by atoms with Gasteiger partial charge in [0.15, 0.2) is 0 Å².